The minimum Gasteiger partial charge on any atom is -0.472 e. The first-order chi connectivity index (χ1) is 13.2. The number of fused-ring (bicyclic) bond motifs is 1. The van der Waals surface area contributed by atoms with Crippen molar-refractivity contribution < 1.29 is 14.3 Å². The van der Waals surface area contributed by atoms with Crippen LogP contribution in [0.5, 0.6) is 11.9 Å². The Morgan fingerprint density at radius 3 is 2.89 bits per heavy atom. The van der Waals surface area contributed by atoms with Gasteiger partial charge in [0.05, 0.1) is 13.7 Å². The quantitative estimate of drug-likeness (QED) is 0.711. The number of aromatic nitrogens is 2. The summed E-state index contributed by atoms with van der Waals surface area (Å²) in [5.41, 5.74) is 0.734. The number of hydrogen-bond donors (Lipinski definition) is 0. The highest BCUT2D eigenvalue weighted by atomic mass is 16.5. The number of ether oxygens (including phenoxy) is 2. The predicted molar refractivity (Wildman–Crippen MR) is 102 cm³/mol. The van der Waals surface area contributed by atoms with Gasteiger partial charge in [-0.25, -0.2) is 4.98 Å². The van der Waals surface area contributed by atoms with Crippen LogP contribution in [0.15, 0.2) is 54.7 Å². The minimum absolute atomic E-state index is 0.0420. The van der Waals surface area contributed by atoms with Crippen LogP contribution in [0, 0.1) is 0 Å². The summed E-state index contributed by atoms with van der Waals surface area (Å²) in [6.07, 6.45) is 3.27. The second-order valence-electron chi connectivity index (χ2n) is 6.54. The lowest BCUT2D eigenvalue weighted by molar-refractivity contribution is 0.0527. The molecule has 2 heterocycles. The van der Waals surface area contributed by atoms with Crippen molar-refractivity contribution in [2.45, 2.75) is 18.9 Å². The summed E-state index contributed by atoms with van der Waals surface area (Å²) in [6.45, 7) is 1.27. The van der Waals surface area contributed by atoms with Crippen molar-refractivity contribution in [1.82, 2.24) is 14.9 Å². The van der Waals surface area contributed by atoms with Crippen LogP contribution in [-0.2, 0) is 0 Å². The fourth-order valence-corrected chi connectivity index (χ4v) is 3.46. The zero-order chi connectivity index (χ0) is 18.6. The summed E-state index contributed by atoms with van der Waals surface area (Å²) in [7, 11) is 1.52. The first-order valence-electron chi connectivity index (χ1n) is 9.05. The van der Waals surface area contributed by atoms with E-state index < -0.39 is 0 Å². The summed E-state index contributed by atoms with van der Waals surface area (Å²) < 4.78 is 11.0. The predicted octanol–water partition coefficient (Wildman–Crippen LogP) is 3.32. The Morgan fingerprint density at radius 2 is 2.00 bits per heavy atom. The van der Waals surface area contributed by atoms with Crippen LogP contribution < -0.4 is 9.47 Å². The van der Waals surface area contributed by atoms with Crippen LogP contribution in [0.2, 0.25) is 0 Å². The maximum Gasteiger partial charge on any atom is 0.319 e. The maximum atomic E-state index is 13.1. The van der Waals surface area contributed by atoms with Gasteiger partial charge in [-0.05, 0) is 29.7 Å². The minimum atomic E-state index is -0.0997. The van der Waals surface area contributed by atoms with Gasteiger partial charge in [0, 0.05) is 24.4 Å². The van der Waals surface area contributed by atoms with Crippen LogP contribution in [0.25, 0.3) is 10.8 Å². The van der Waals surface area contributed by atoms with Crippen molar-refractivity contribution >= 4 is 16.7 Å². The lowest BCUT2D eigenvalue weighted by Gasteiger charge is -2.33. The van der Waals surface area contributed by atoms with E-state index in [1.54, 1.807) is 12.3 Å². The molecule has 6 heteroatoms. The molecule has 0 N–H and O–H groups in total. The molecule has 1 amide bonds. The highest BCUT2D eigenvalue weighted by Crippen LogP contribution is 2.23. The van der Waals surface area contributed by atoms with E-state index in [-0.39, 0.29) is 18.0 Å². The number of hydrogen-bond acceptors (Lipinski definition) is 5. The first kappa shape index (κ1) is 17.3. The van der Waals surface area contributed by atoms with E-state index >= 15 is 0 Å². The molecule has 0 aliphatic carbocycles. The Bertz CT molecular complexity index is 955. The van der Waals surface area contributed by atoms with Crippen molar-refractivity contribution in [3.8, 4) is 11.9 Å². The SMILES string of the molecule is COc1nccc(OC2CCCN(C(=O)c3cccc4ccccc34)C2)n1. The molecule has 3 aromatic rings. The Labute approximate surface area is 157 Å². The molecule has 27 heavy (non-hydrogen) atoms. The lowest BCUT2D eigenvalue weighted by atomic mass is 10.0. The van der Waals surface area contributed by atoms with E-state index in [2.05, 4.69) is 9.97 Å². The summed E-state index contributed by atoms with van der Waals surface area (Å²) in [5.74, 6) is 0.506. The van der Waals surface area contributed by atoms with Crippen molar-refractivity contribution in [3.05, 3.63) is 60.3 Å². The third-order valence-corrected chi connectivity index (χ3v) is 4.76. The van der Waals surface area contributed by atoms with Gasteiger partial charge in [0.2, 0.25) is 5.88 Å². The molecular formula is C21H21N3O3. The topological polar surface area (TPSA) is 64.6 Å². The van der Waals surface area contributed by atoms with Crippen molar-refractivity contribution in [3.63, 3.8) is 0 Å². The molecule has 2 aromatic carbocycles. The lowest BCUT2D eigenvalue weighted by Crippen LogP contribution is -2.44. The third-order valence-electron chi connectivity index (χ3n) is 4.76. The largest absolute Gasteiger partial charge is 0.472 e. The van der Waals surface area contributed by atoms with E-state index in [0.29, 0.717) is 12.4 Å². The molecule has 1 unspecified atom stereocenters. The molecule has 0 radical (unpaired) electrons. The number of carbonyl (C=O) groups excluding carboxylic acids is 1. The van der Waals surface area contributed by atoms with E-state index in [1.807, 2.05) is 47.4 Å². The normalized spacial score (nSPS) is 16.9. The fourth-order valence-electron chi connectivity index (χ4n) is 3.46. The van der Waals surface area contributed by atoms with Gasteiger partial charge in [-0.1, -0.05) is 36.4 Å². The zero-order valence-corrected chi connectivity index (χ0v) is 15.2. The molecular weight excluding hydrogens is 342 g/mol. The molecule has 0 saturated carbocycles. The van der Waals surface area contributed by atoms with Gasteiger partial charge in [-0.3, -0.25) is 4.79 Å². The zero-order valence-electron chi connectivity index (χ0n) is 15.2. The van der Waals surface area contributed by atoms with Gasteiger partial charge < -0.3 is 14.4 Å². The highest BCUT2D eigenvalue weighted by molar-refractivity contribution is 6.07. The van der Waals surface area contributed by atoms with E-state index in [4.69, 9.17) is 9.47 Å². The summed E-state index contributed by atoms with van der Waals surface area (Å²) >= 11 is 0. The van der Waals surface area contributed by atoms with Gasteiger partial charge in [-0.15, -0.1) is 0 Å². The van der Waals surface area contributed by atoms with Gasteiger partial charge in [0.25, 0.3) is 5.91 Å². The number of methoxy groups -OCH3 is 1. The number of carbonyl (C=O) groups is 1. The second-order valence-corrected chi connectivity index (χ2v) is 6.54. The summed E-state index contributed by atoms with van der Waals surface area (Å²) in [4.78, 5) is 23.2. The van der Waals surface area contributed by atoms with Crippen LogP contribution in [0.1, 0.15) is 23.2 Å². The number of likely N-dealkylation sites (tertiary alicyclic amines) is 1. The molecule has 1 aromatic heterocycles. The second kappa shape index (κ2) is 7.61. The number of piperidine rings is 1. The summed E-state index contributed by atoms with van der Waals surface area (Å²) in [5, 5.41) is 2.05. The van der Waals surface area contributed by atoms with E-state index in [9.17, 15) is 4.79 Å². The number of nitrogens with zero attached hydrogens (tertiary/aromatic N) is 3. The Balaban J connectivity index is 1.51. The first-order valence-corrected chi connectivity index (χ1v) is 9.05. The molecule has 1 saturated heterocycles. The number of benzene rings is 2. The molecule has 0 spiro atoms. The van der Waals surface area contributed by atoms with Crippen LogP contribution in [-0.4, -0.2) is 47.1 Å². The summed E-state index contributed by atoms with van der Waals surface area (Å²) in [6, 6.07) is 15.8. The molecule has 4 rings (SSSR count). The molecule has 1 fully saturated rings. The van der Waals surface area contributed by atoms with Crippen molar-refractivity contribution in [2.75, 3.05) is 20.2 Å². The molecule has 1 aliphatic heterocycles. The monoisotopic (exact) mass is 363 g/mol. The average Bonchev–Trinajstić information content (AvgIpc) is 2.73. The molecule has 138 valence electrons. The molecule has 6 nitrogen and oxygen atoms in total. The van der Waals surface area contributed by atoms with Crippen LogP contribution >= 0.6 is 0 Å². The fraction of sp³-hybridized carbons (Fsp3) is 0.286. The average molecular weight is 363 g/mol. The van der Waals surface area contributed by atoms with Crippen molar-refractivity contribution in [2.24, 2.45) is 0 Å². The highest BCUT2D eigenvalue weighted by Gasteiger charge is 2.26. The van der Waals surface area contributed by atoms with Crippen molar-refractivity contribution in [1.29, 1.82) is 0 Å². The Morgan fingerprint density at radius 1 is 1.15 bits per heavy atom. The Hall–Kier alpha value is -3.15. The van der Waals surface area contributed by atoms with Crippen LogP contribution in [0.4, 0.5) is 0 Å². The van der Waals surface area contributed by atoms with E-state index in [0.717, 1.165) is 35.7 Å². The third kappa shape index (κ3) is 3.69. The van der Waals surface area contributed by atoms with Gasteiger partial charge in [0.15, 0.2) is 0 Å². The number of rotatable bonds is 4. The van der Waals surface area contributed by atoms with E-state index in [1.165, 1.54) is 7.11 Å². The smallest absolute Gasteiger partial charge is 0.319 e. The molecule has 1 atom stereocenters. The van der Waals surface area contributed by atoms with Gasteiger partial charge >= 0.3 is 6.01 Å². The van der Waals surface area contributed by atoms with Gasteiger partial charge in [-0.2, -0.15) is 4.98 Å². The molecule has 1 aliphatic rings. The van der Waals surface area contributed by atoms with Gasteiger partial charge in [0.1, 0.15) is 6.10 Å². The van der Waals surface area contributed by atoms with Crippen LogP contribution in [0.3, 0.4) is 0 Å². The maximum absolute atomic E-state index is 13.1. The molecule has 0 bridgehead atoms. The standard InChI is InChI=1S/C21H21N3O3/c1-26-21-22-12-11-19(23-21)27-16-8-5-13-24(14-16)20(25)18-10-4-7-15-6-2-3-9-17(15)18/h2-4,6-7,9-12,16H,5,8,13-14H2,1H3. The number of amides is 1. The Kier molecular flexibility index (Phi) is 4.87.